The van der Waals surface area contributed by atoms with Crippen molar-refractivity contribution in [3.63, 3.8) is 0 Å². The van der Waals surface area contributed by atoms with E-state index in [1.54, 1.807) is 47.6 Å². The second-order valence-corrected chi connectivity index (χ2v) is 8.48. The Bertz CT molecular complexity index is 948. The first-order chi connectivity index (χ1) is 12.9. The van der Waals surface area contributed by atoms with Gasteiger partial charge in [0.1, 0.15) is 0 Å². The van der Waals surface area contributed by atoms with Crippen LogP contribution in [-0.4, -0.2) is 44.2 Å². The van der Waals surface area contributed by atoms with Gasteiger partial charge >= 0.3 is 0 Å². The van der Waals surface area contributed by atoms with Crippen LogP contribution in [0.4, 0.5) is 5.69 Å². The van der Waals surface area contributed by atoms with E-state index in [4.69, 9.17) is 4.74 Å². The van der Waals surface area contributed by atoms with Crippen molar-refractivity contribution in [3.8, 4) is 11.5 Å². The molecule has 1 aliphatic heterocycles. The summed E-state index contributed by atoms with van der Waals surface area (Å²) in [5.41, 5.74) is 1.71. The third kappa shape index (κ3) is 4.14. The molecule has 27 heavy (non-hydrogen) atoms. The summed E-state index contributed by atoms with van der Waals surface area (Å²) in [6.07, 6.45) is 4.36. The molecule has 0 amide bonds. The third-order valence-corrected chi connectivity index (χ3v) is 6.75. The van der Waals surface area contributed by atoms with Crippen LogP contribution in [0.1, 0.15) is 30.4 Å². The van der Waals surface area contributed by atoms with Gasteiger partial charge in [-0.1, -0.05) is 18.6 Å². The molecule has 1 N–H and O–H groups in total. The van der Waals surface area contributed by atoms with Crippen LogP contribution >= 0.6 is 0 Å². The number of nitrogens with zero attached hydrogens (tertiary/aromatic N) is 2. The summed E-state index contributed by atoms with van der Waals surface area (Å²) in [5.74, 6) is 0.355. The van der Waals surface area contributed by atoms with Gasteiger partial charge in [0, 0.05) is 24.9 Å². The van der Waals surface area contributed by atoms with E-state index in [1.807, 2.05) is 0 Å². The molecule has 0 bridgehead atoms. The zero-order valence-corrected chi connectivity index (χ0v) is 16.4. The van der Waals surface area contributed by atoms with Crippen LogP contribution in [0.2, 0.25) is 0 Å². The Morgan fingerprint density at radius 3 is 2.59 bits per heavy atom. The van der Waals surface area contributed by atoms with E-state index in [9.17, 15) is 13.5 Å². The van der Waals surface area contributed by atoms with Crippen molar-refractivity contribution in [2.24, 2.45) is 4.99 Å². The third-order valence-electron chi connectivity index (χ3n) is 4.71. The van der Waals surface area contributed by atoms with E-state index in [-0.39, 0.29) is 10.6 Å². The number of ether oxygens (including phenoxy) is 1. The fourth-order valence-electron chi connectivity index (χ4n) is 3.14. The van der Waals surface area contributed by atoms with E-state index in [2.05, 4.69) is 4.99 Å². The van der Waals surface area contributed by atoms with Crippen LogP contribution in [0.25, 0.3) is 0 Å². The molecule has 1 aliphatic rings. The predicted octanol–water partition coefficient (Wildman–Crippen LogP) is 3.63. The Morgan fingerprint density at radius 2 is 1.89 bits per heavy atom. The normalized spacial score (nSPS) is 15.9. The van der Waals surface area contributed by atoms with Crippen molar-refractivity contribution >= 4 is 21.9 Å². The molecule has 0 radical (unpaired) electrons. The largest absolute Gasteiger partial charge is 0.504 e. The van der Waals surface area contributed by atoms with Gasteiger partial charge in [-0.3, -0.25) is 4.99 Å². The number of benzene rings is 2. The lowest BCUT2D eigenvalue weighted by Gasteiger charge is -2.26. The molecule has 2 aromatic carbocycles. The van der Waals surface area contributed by atoms with E-state index < -0.39 is 10.0 Å². The SMILES string of the molecule is COc1cccc(C=Nc2ccc(C)c(S(=O)(=O)N3CCCCC3)c2)c1O. The maximum absolute atomic E-state index is 13.0. The van der Waals surface area contributed by atoms with Gasteiger partial charge in [0.05, 0.1) is 17.7 Å². The van der Waals surface area contributed by atoms with Gasteiger partial charge in [-0.2, -0.15) is 4.31 Å². The Balaban J connectivity index is 1.92. The molecule has 0 atom stereocenters. The molecule has 1 saturated heterocycles. The van der Waals surface area contributed by atoms with Crippen LogP contribution in [0.5, 0.6) is 11.5 Å². The first kappa shape index (κ1) is 19.4. The molecule has 0 spiro atoms. The lowest BCUT2D eigenvalue weighted by molar-refractivity contribution is 0.346. The van der Waals surface area contributed by atoms with Crippen LogP contribution in [0.3, 0.4) is 0 Å². The number of aliphatic imine (C=N–C) groups is 1. The number of piperidine rings is 1. The minimum Gasteiger partial charge on any atom is -0.504 e. The molecule has 2 aromatic rings. The summed E-state index contributed by atoms with van der Waals surface area (Å²) >= 11 is 0. The number of hydrogen-bond donors (Lipinski definition) is 1. The minimum absolute atomic E-state index is 0.00276. The first-order valence-electron chi connectivity index (χ1n) is 8.94. The number of para-hydroxylation sites is 1. The molecule has 0 saturated carbocycles. The van der Waals surface area contributed by atoms with Crippen molar-refractivity contribution < 1.29 is 18.3 Å². The molecule has 1 heterocycles. The average Bonchev–Trinajstić information content (AvgIpc) is 2.68. The molecule has 6 nitrogen and oxygen atoms in total. The van der Waals surface area contributed by atoms with Gasteiger partial charge in [0.15, 0.2) is 11.5 Å². The van der Waals surface area contributed by atoms with Gasteiger partial charge < -0.3 is 9.84 Å². The number of hydrogen-bond acceptors (Lipinski definition) is 5. The van der Waals surface area contributed by atoms with Crippen molar-refractivity contribution in [1.29, 1.82) is 0 Å². The second-order valence-electron chi connectivity index (χ2n) is 6.57. The molecular formula is C20H24N2O4S. The number of phenolic OH excluding ortho intramolecular Hbond substituents is 1. The zero-order valence-electron chi connectivity index (χ0n) is 15.6. The topological polar surface area (TPSA) is 79.2 Å². The molecule has 7 heteroatoms. The van der Waals surface area contributed by atoms with Gasteiger partial charge in [-0.15, -0.1) is 0 Å². The number of aryl methyl sites for hydroxylation is 1. The number of rotatable bonds is 5. The lowest BCUT2D eigenvalue weighted by atomic mass is 10.2. The summed E-state index contributed by atoms with van der Waals surface area (Å²) < 4.78 is 32.6. The number of phenols is 1. The lowest BCUT2D eigenvalue weighted by Crippen LogP contribution is -2.35. The summed E-state index contributed by atoms with van der Waals surface area (Å²) in [5, 5.41) is 10.1. The molecule has 144 valence electrons. The summed E-state index contributed by atoms with van der Waals surface area (Å²) in [6.45, 7) is 2.91. The van der Waals surface area contributed by atoms with Gasteiger partial charge in [0.2, 0.25) is 10.0 Å². The quantitative estimate of drug-likeness (QED) is 0.793. The number of methoxy groups -OCH3 is 1. The van der Waals surface area contributed by atoms with E-state index in [0.717, 1.165) is 19.3 Å². The Kier molecular flexibility index (Phi) is 5.82. The minimum atomic E-state index is -3.53. The van der Waals surface area contributed by atoms with E-state index in [0.29, 0.717) is 35.7 Å². The fourth-order valence-corrected chi connectivity index (χ4v) is 4.91. The van der Waals surface area contributed by atoms with E-state index >= 15 is 0 Å². The Morgan fingerprint density at radius 1 is 1.15 bits per heavy atom. The highest BCUT2D eigenvalue weighted by Gasteiger charge is 2.27. The van der Waals surface area contributed by atoms with Crippen molar-refractivity contribution in [2.45, 2.75) is 31.1 Å². The molecule has 1 fully saturated rings. The highest BCUT2D eigenvalue weighted by Crippen LogP contribution is 2.30. The molecule has 0 aromatic heterocycles. The molecular weight excluding hydrogens is 364 g/mol. The van der Waals surface area contributed by atoms with Crippen LogP contribution < -0.4 is 4.74 Å². The summed E-state index contributed by atoms with van der Waals surface area (Å²) in [4.78, 5) is 4.64. The van der Waals surface area contributed by atoms with Crippen molar-refractivity contribution in [2.75, 3.05) is 20.2 Å². The van der Waals surface area contributed by atoms with Gasteiger partial charge in [-0.05, 0) is 49.6 Å². The monoisotopic (exact) mass is 388 g/mol. The Labute approximate surface area is 160 Å². The zero-order chi connectivity index (χ0) is 19.4. The van der Waals surface area contributed by atoms with Crippen molar-refractivity contribution in [1.82, 2.24) is 4.31 Å². The van der Waals surface area contributed by atoms with Crippen LogP contribution in [0, 0.1) is 6.92 Å². The molecule has 0 unspecified atom stereocenters. The fraction of sp³-hybridized carbons (Fsp3) is 0.350. The maximum atomic E-state index is 13.0. The maximum Gasteiger partial charge on any atom is 0.243 e. The van der Waals surface area contributed by atoms with Gasteiger partial charge in [0.25, 0.3) is 0 Å². The summed E-state index contributed by atoms with van der Waals surface area (Å²) in [6, 6.07) is 10.2. The van der Waals surface area contributed by atoms with Crippen molar-refractivity contribution in [3.05, 3.63) is 47.5 Å². The summed E-state index contributed by atoms with van der Waals surface area (Å²) in [7, 11) is -2.05. The first-order valence-corrected chi connectivity index (χ1v) is 10.4. The van der Waals surface area contributed by atoms with Gasteiger partial charge in [-0.25, -0.2) is 8.42 Å². The molecule has 3 rings (SSSR count). The highest BCUT2D eigenvalue weighted by atomic mass is 32.2. The molecule has 0 aliphatic carbocycles. The Hall–Kier alpha value is -2.38. The predicted molar refractivity (Wildman–Crippen MR) is 106 cm³/mol. The number of aromatic hydroxyl groups is 1. The highest BCUT2D eigenvalue weighted by molar-refractivity contribution is 7.89. The number of sulfonamides is 1. The smallest absolute Gasteiger partial charge is 0.243 e. The van der Waals surface area contributed by atoms with Crippen LogP contribution in [-0.2, 0) is 10.0 Å². The van der Waals surface area contributed by atoms with E-state index in [1.165, 1.54) is 13.3 Å². The average molecular weight is 388 g/mol. The standard InChI is InChI=1S/C20H24N2O4S/c1-15-9-10-17(21-14-16-7-6-8-18(26-2)20(16)23)13-19(15)27(24,25)22-11-4-3-5-12-22/h6-10,13-14,23H,3-5,11-12H2,1-2H3. The second kappa shape index (κ2) is 8.10. The van der Waals surface area contributed by atoms with Crippen LogP contribution in [0.15, 0.2) is 46.3 Å².